The molecule has 0 atom stereocenters. The lowest BCUT2D eigenvalue weighted by atomic mass is 10.2. The Labute approximate surface area is 154 Å². The average Bonchev–Trinajstić information content (AvgIpc) is 3.09. The highest BCUT2D eigenvalue weighted by Crippen LogP contribution is 2.14. The van der Waals surface area contributed by atoms with Crippen LogP contribution < -0.4 is 10.1 Å². The lowest BCUT2D eigenvalue weighted by Crippen LogP contribution is -2.25. The van der Waals surface area contributed by atoms with Gasteiger partial charge in [-0.25, -0.2) is 4.98 Å². The maximum atomic E-state index is 12.2. The molecule has 2 heterocycles. The largest absolute Gasteiger partial charge is 0.494 e. The van der Waals surface area contributed by atoms with Crippen LogP contribution in [0.25, 0.3) is 11.0 Å². The number of carbonyl (C=O) groups excluding carboxylic acids is 1. The van der Waals surface area contributed by atoms with Gasteiger partial charge >= 0.3 is 0 Å². The fourth-order valence-electron chi connectivity index (χ4n) is 2.79. The van der Waals surface area contributed by atoms with E-state index in [1.807, 2.05) is 24.4 Å². The van der Waals surface area contributed by atoms with Crippen LogP contribution in [-0.2, 0) is 6.54 Å². The average molecular weight is 351 g/mol. The van der Waals surface area contributed by atoms with Crippen molar-refractivity contribution in [2.45, 2.75) is 32.7 Å². The molecular weight excluding hydrogens is 326 g/mol. The van der Waals surface area contributed by atoms with Crippen LogP contribution in [0.15, 0.2) is 54.9 Å². The van der Waals surface area contributed by atoms with Crippen LogP contribution in [0.4, 0.5) is 0 Å². The van der Waals surface area contributed by atoms with Crippen molar-refractivity contribution in [1.29, 1.82) is 0 Å². The van der Waals surface area contributed by atoms with Crippen LogP contribution in [0.5, 0.6) is 5.75 Å². The third kappa shape index (κ3) is 4.63. The van der Waals surface area contributed by atoms with Crippen molar-refractivity contribution >= 4 is 16.9 Å². The predicted octanol–water partition coefficient (Wildman–Crippen LogP) is 4.04. The topological polar surface area (TPSA) is 56.1 Å². The van der Waals surface area contributed by atoms with E-state index >= 15 is 0 Å². The number of rotatable bonds is 9. The Kier molecular flexibility index (Phi) is 6.25. The summed E-state index contributed by atoms with van der Waals surface area (Å²) in [7, 11) is 0. The van der Waals surface area contributed by atoms with Gasteiger partial charge in [0.15, 0.2) is 0 Å². The second-order valence-electron chi connectivity index (χ2n) is 6.26. The third-order valence-corrected chi connectivity index (χ3v) is 4.27. The van der Waals surface area contributed by atoms with E-state index in [-0.39, 0.29) is 5.91 Å². The van der Waals surface area contributed by atoms with Crippen LogP contribution in [0.1, 0.15) is 36.5 Å². The second-order valence-corrected chi connectivity index (χ2v) is 6.26. The van der Waals surface area contributed by atoms with Gasteiger partial charge in [0.25, 0.3) is 5.91 Å². The molecule has 0 spiro atoms. The summed E-state index contributed by atoms with van der Waals surface area (Å²) >= 11 is 0. The number of unbranched alkanes of at least 4 members (excludes halogenated alkanes) is 1. The first-order chi connectivity index (χ1) is 12.8. The molecule has 0 fully saturated rings. The second kappa shape index (κ2) is 9.04. The molecule has 0 bridgehead atoms. The molecule has 3 aromatic rings. The van der Waals surface area contributed by atoms with Gasteiger partial charge in [0.1, 0.15) is 11.4 Å². The van der Waals surface area contributed by atoms with Crippen LogP contribution in [-0.4, -0.2) is 28.6 Å². The summed E-state index contributed by atoms with van der Waals surface area (Å²) in [5.41, 5.74) is 1.64. The summed E-state index contributed by atoms with van der Waals surface area (Å²) in [6.07, 6.45) is 6.83. The predicted molar refractivity (Wildman–Crippen MR) is 104 cm³/mol. The quantitative estimate of drug-likeness (QED) is 0.592. The van der Waals surface area contributed by atoms with Gasteiger partial charge in [0.2, 0.25) is 0 Å². The first kappa shape index (κ1) is 18.0. The lowest BCUT2D eigenvalue weighted by Gasteiger charge is -2.08. The minimum atomic E-state index is -0.0550. The molecule has 0 aliphatic rings. The van der Waals surface area contributed by atoms with Crippen molar-refractivity contribution in [3.63, 3.8) is 0 Å². The third-order valence-electron chi connectivity index (χ3n) is 4.27. The summed E-state index contributed by atoms with van der Waals surface area (Å²) in [6, 6.07) is 13.4. The number of aryl methyl sites for hydroxylation is 1. The van der Waals surface area contributed by atoms with Crippen molar-refractivity contribution in [1.82, 2.24) is 14.9 Å². The van der Waals surface area contributed by atoms with Gasteiger partial charge in [-0.3, -0.25) is 4.79 Å². The Hall–Kier alpha value is -2.82. The molecular formula is C21H25N3O2. The first-order valence-corrected chi connectivity index (χ1v) is 9.19. The molecule has 0 saturated carbocycles. The number of ether oxygens (including phenoxy) is 1. The number of fused-ring (bicyclic) bond motifs is 1. The Morgan fingerprint density at radius 3 is 2.81 bits per heavy atom. The number of nitrogens with zero attached hydrogens (tertiary/aromatic N) is 2. The summed E-state index contributed by atoms with van der Waals surface area (Å²) in [5.74, 6) is 0.752. The molecule has 1 aromatic carbocycles. The monoisotopic (exact) mass is 351 g/mol. The number of amides is 1. The Balaban J connectivity index is 1.44. The minimum Gasteiger partial charge on any atom is -0.494 e. The highest BCUT2D eigenvalue weighted by atomic mass is 16.5. The van der Waals surface area contributed by atoms with Gasteiger partial charge < -0.3 is 14.6 Å². The van der Waals surface area contributed by atoms with E-state index in [1.165, 1.54) is 0 Å². The van der Waals surface area contributed by atoms with Gasteiger partial charge in [0, 0.05) is 36.4 Å². The highest BCUT2D eigenvalue weighted by molar-refractivity contribution is 5.94. The van der Waals surface area contributed by atoms with E-state index in [2.05, 4.69) is 33.9 Å². The van der Waals surface area contributed by atoms with Gasteiger partial charge in [-0.1, -0.05) is 13.3 Å². The minimum absolute atomic E-state index is 0.0550. The Morgan fingerprint density at radius 2 is 2.00 bits per heavy atom. The van der Waals surface area contributed by atoms with Crippen molar-refractivity contribution in [2.24, 2.45) is 0 Å². The zero-order chi connectivity index (χ0) is 18.2. The molecule has 5 nitrogen and oxygen atoms in total. The number of hydrogen-bond donors (Lipinski definition) is 1. The van der Waals surface area contributed by atoms with Crippen LogP contribution in [0.3, 0.4) is 0 Å². The SMILES string of the molecule is CCCCOc1ccc(C(=O)NCCCn2ccc3cccnc32)cc1. The van der Waals surface area contributed by atoms with Gasteiger partial charge in [-0.2, -0.15) is 0 Å². The maximum Gasteiger partial charge on any atom is 0.251 e. The summed E-state index contributed by atoms with van der Waals surface area (Å²) in [4.78, 5) is 16.6. The number of benzene rings is 1. The lowest BCUT2D eigenvalue weighted by molar-refractivity contribution is 0.0952. The Bertz CT molecular complexity index is 840. The fraction of sp³-hybridized carbons (Fsp3) is 0.333. The Morgan fingerprint density at radius 1 is 1.15 bits per heavy atom. The molecule has 5 heteroatoms. The number of nitrogens with one attached hydrogen (secondary N) is 1. The molecule has 26 heavy (non-hydrogen) atoms. The van der Waals surface area contributed by atoms with Gasteiger partial charge in [0.05, 0.1) is 6.61 Å². The van der Waals surface area contributed by atoms with Crippen molar-refractivity contribution in [3.05, 3.63) is 60.4 Å². The number of aromatic nitrogens is 2. The van der Waals surface area contributed by atoms with E-state index in [9.17, 15) is 4.79 Å². The number of pyridine rings is 1. The normalized spacial score (nSPS) is 10.8. The standard InChI is InChI=1S/C21H25N3O2/c1-2-3-16-26-19-9-7-18(8-10-19)21(25)23-13-5-14-24-15-11-17-6-4-12-22-20(17)24/h4,6-12,15H,2-3,5,13-14,16H2,1H3,(H,23,25). The number of carbonyl (C=O) groups is 1. The van der Waals surface area contributed by atoms with E-state index in [4.69, 9.17) is 4.74 Å². The van der Waals surface area contributed by atoms with Crippen molar-refractivity contribution in [2.75, 3.05) is 13.2 Å². The number of hydrogen-bond acceptors (Lipinski definition) is 3. The van der Waals surface area contributed by atoms with Crippen molar-refractivity contribution < 1.29 is 9.53 Å². The zero-order valence-electron chi connectivity index (χ0n) is 15.1. The molecule has 1 N–H and O–H groups in total. The molecule has 3 rings (SSSR count). The van der Waals surface area contributed by atoms with E-state index in [1.54, 1.807) is 18.3 Å². The molecule has 0 aliphatic heterocycles. The molecule has 1 amide bonds. The highest BCUT2D eigenvalue weighted by Gasteiger charge is 2.06. The van der Waals surface area contributed by atoms with E-state index in [0.717, 1.165) is 42.6 Å². The molecule has 0 saturated heterocycles. The van der Waals surface area contributed by atoms with Gasteiger partial charge in [-0.05, 0) is 55.3 Å². The van der Waals surface area contributed by atoms with Crippen molar-refractivity contribution in [3.8, 4) is 5.75 Å². The molecule has 136 valence electrons. The molecule has 0 radical (unpaired) electrons. The van der Waals surface area contributed by atoms with E-state index < -0.39 is 0 Å². The maximum absolute atomic E-state index is 12.2. The fourth-order valence-corrected chi connectivity index (χ4v) is 2.79. The van der Waals surface area contributed by atoms with Gasteiger partial charge in [-0.15, -0.1) is 0 Å². The van der Waals surface area contributed by atoms with Crippen LogP contribution >= 0.6 is 0 Å². The zero-order valence-corrected chi connectivity index (χ0v) is 15.1. The summed E-state index contributed by atoms with van der Waals surface area (Å²) < 4.78 is 7.73. The molecule has 0 unspecified atom stereocenters. The molecule has 0 aliphatic carbocycles. The van der Waals surface area contributed by atoms with E-state index in [0.29, 0.717) is 18.7 Å². The van der Waals surface area contributed by atoms with Crippen LogP contribution in [0.2, 0.25) is 0 Å². The summed E-state index contributed by atoms with van der Waals surface area (Å²) in [5, 5.41) is 4.10. The smallest absolute Gasteiger partial charge is 0.251 e. The summed E-state index contributed by atoms with van der Waals surface area (Å²) in [6.45, 7) is 4.29. The first-order valence-electron chi connectivity index (χ1n) is 9.19. The molecule has 2 aromatic heterocycles. The van der Waals surface area contributed by atoms with Crippen LogP contribution in [0, 0.1) is 0 Å².